The van der Waals surface area contributed by atoms with E-state index in [1.54, 1.807) is 23.1 Å². The molecule has 0 aromatic heterocycles. The first-order valence-corrected chi connectivity index (χ1v) is 16.9. The molecule has 3 aromatic rings. The highest BCUT2D eigenvalue weighted by molar-refractivity contribution is 7.92. The molecular weight excluding hydrogens is 578 g/mol. The van der Waals surface area contributed by atoms with E-state index in [1.165, 1.54) is 4.31 Å². The second-order valence-electron chi connectivity index (χ2n) is 11.6. The minimum Gasteiger partial charge on any atom is -0.486 e. The number of rotatable bonds is 14. The number of amides is 2. The molecule has 0 radical (unpaired) electrons. The number of benzene rings is 3. The topological polar surface area (TPSA) is 105 Å². The van der Waals surface area contributed by atoms with Crippen LogP contribution in [0.4, 0.5) is 5.69 Å². The maximum Gasteiger partial charge on any atom is 0.243 e. The van der Waals surface area contributed by atoms with Gasteiger partial charge in [-0.25, -0.2) is 8.42 Å². The van der Waals surface area contributed by atoms with Gasteiger partial charge >= 0.3 is 0 Å². The van der Waals surface area contributed by atoms with Gasteiger partial charge in [-0.3, -0.25) is 13.9 Å². The van der Waals surface area contributed by atoms with Crippen LogP contribution in [0.1, 0.15) is 43.4 Å². The van der Waals surface area contributed by atoms with Crippen LogP contribution in [0.5, 0.6) is 11.5 Å². The Morgan fingerprint density at radius 1 is 0.909 bits per heavy atom. The average Bonchev–Trinajstić information content (AvgIpc) is 3.00. The Morgan fingerprint density at radius 2 is 1.59 bits per heavy atom. The molecule has 9 nitrogen and oxygen atoms in total. The molecule has 1 N–H and O–H groups in total. The summed E-state index contributed by atoms with van der Waals surface area (Å²) in [6, 6.07) is 21.8. The molecule has 10 heteroatoms. The van der Waals surface area contributed by atoms with Crippen LogP contribution >= 0.6 is 0 Å². The number of hydrogen-bond donors (Lipinski definition) is 1. The summed E-state index contributed by atoms with van der Waals surface area (Å²) in [5, 5.41) is 3.03. The predicted octanol–water partition coefficient (Wildman–Crippen LogP) is 4.72. The number of ether oxygens (including phenoxy) is 2. The van der Waals surface area contributed by atoms with Crippen molar-refractivity contribution in [2.24, 2.45) is 5.92 Å². The van der Waals surface area contributed by atoms with Crippen molar-refractivity contribution in [3.8, 4) is 11.5 Å². The lowest BCUT2D eigenvalue weighted by molar-refractivity contribution is -0.141. The lowest BCUT2D eigenvalue weighted by atomic mass is 10.0. The van der Waals surface area contributed by atoms with Gasteiger partial charge in [-0.1, -0.05) is 74.0 Å². The first kappa shape index (κ1) is 32.9. The number of nitrogens with one attached hydrogen (secondary N) is 1. The van der Waals surface area contributed by atoms with E-state index in [1.807, 2.05) is 75.4 Å². The van der Waals surface area contributed by atoms with E-state index in [0.717, 1.165) is 22.9 Å². The van der Waals surface area contributed by atoms with Crippen molar-refractivity contribution in [3.63, 3.8) is 0 Å². The Bertz CT molecular complexity index is 1510. The van der Waals surface area contributed by atoms with Crippen LogP contribution < -0.4 is 19.1 Å². The zero-order valence-electron chi connectivity index (χ0n) is 26.0. The van der Waals surface area contributed by atoms with E-state index >= 15 is 0 Å². The van der Waals surface area contributed by atoms with Crippen molar-refractivity contribution in [1.29, 1.82) is 0 Å². The fraction of sp³-hybridized carbons (Fsp3) is 0.412. The number of anilines is 1. The highest BCUT2D eigenvalue weighted by Gasteiger charge is 2.31. The van der Waals surface area contributed by atoms with Gasteiger partial charge in [0.15, 0.2) is 11.5 Å². The summed E-state index contributed by atoms with van der Waals surface area (Å²) in [4.78, 5) is 29.3. The van der Waals surface area contributed by atoms with E-state index in [2.05, 4.69) is 5.32 Å². The molecule has 236 valence electrons. The smallest absolute Gasteiger partial charge is 0.243 e. The van der Waals surface area contributed by atoms with Crippen LogP contribution in [0.2, 0.25) is 0 Å². The molecule has 1 heterocycles. The van der Waals surface area contributed by atoms with Gasteiger partial charge in [0.25, 0.3) is 0 Å². The predicted molar refractivity (Wildman–Crippen MR) is 172 cm³/mol. The molecule has 0 aliphatic carbocycles. The maximum atomic E-state index is 14.0. The molecule has 0 fully saturated rings. The number of fused-ring (bicyclic) bond motifs is 1. The molecule has 1 atom stereocenters. The van der Waals surface area contributed by atoms with E-state index in [4.69, 9.17) is 9.47 Å². The Hall–Kier alpha value is -4.05. The number of carbonyl (C=O) groups is 2. The Morgan fingerprint density at radius 3 is 2.25 bits per heavy atom. The zero-order valence-corrected chi connectivity index (χ0v) is 26.8. The van der Waals surface area contributed by atoms with Crippen molar-refractivity contribution in [2.45, 2.75) is 52.6 Å². The normalized spacial score (nSPS) is 13.3. The first-order valence-electron chi connectivity index (χ1n) is 15.1. The van der Waals surface area contributed by atoms with Crippen LogP contribution in [0.15, 0.2) is 72.8 Å². The monoisotopic (exact) mass is 621 g/mol. The molecule has 4 rings (SSSR count). The summed E-state index contributed by atoms with van der Waals surface area (Å²) in [6.45, 7) is 7.71. The van der Waals surface area contributed by atoms with Crippen molar-refractivity contribution in [1.82, 2.24) is 10.2 Å². The van der Waals surface area contributed by atoms with Gasteiger partial charge in [0, 0.05) is 38.5 Å². The van der Waals surface area contributed by atoms with Crippen LogP contribution in [0.3, 0.4) is 0 Å². The van der Waals surface area contributed by atoms with E-state index in [-0.39, 0.29) is 43.7 Å². The van der Waals surface area contributed by atoms with Crippen LogP contribution in [0, 0.1) is 12.8 Å². The summed E-state index contributed by atoms with van der Waals surface area (Å²) in [5.41, 5.74) is 3.39. The Balaban J connectivity index is 1.57. The molecule has 2 amide bonds. The summed E-state index contributed by atoms with van der Waals surface area (Å²) in [6.07, 6.45) is 1.82. The van der Waals surface area contributed by atoms with Gasteiger partial charge in [-0.05, 0) is 42.5 Å². The molecule has 0 unspecified atom stereocenters. The van der Waals surface area contributed by atoms with Crippen molar-refractivity contribution in [2.75, 3.05) is 36.9 Å². The fourth-order valence-electron chi connectivity index (χ4n) is 5.06. The molecule has 44 heavy (non-hydrogen) atoms. The number of aryl methyl sites for hydroxylation is 1. The van der Waals surface area contributed by atoms with E-state index in [0.29, 0.717) is 43.4 Å². The quantitative estimate of drug-likeness (QED) is 0.279. The third-order valence-corrected chi connectivity index (χ3v) is 8.59. The lowest BCUT2D eigenvalue weighted by Gasteiger charge is -2.32. The second-order valence-corrected chi connectivity index (χ2v) is 13.5. The molecule has 1 aliphatic rings. The minimum atomic E-state index is -3.65. The first-order chi connectivity index (χ1) is 21.0. The van der Waals surface area contributed by atoms with Crippen LogP contribution in [0.25, 0.3) is 0 Å². The summed E-state index contributed by atoms with van der Waals surface area (Å²) < 4.78 is 38.1. The van der Waals surface area contributed by atoms with Gasteiger partial charge in [0.2, 0.25) is 21.8 Å². The van der Waals surface area contributed by atoms with E-state index in [9.17, 15) is 18.0 Å². The third-order valence-electron chi connectivity index (χ3n) is 7.40. The molecule has 0 saturated heterocycles. The number of carbonyl (C=O) groups excluding carboxylic acids is 2. The third kappa shape index (κ3) is 9.22. The van der Waals surface area contributed by atoms with Crippen molar-refractivity contribution in [3.05, 3.63) is 89.5 Å². The molecule has 1 aliphatic heterocycles. The van der Waals surface area contributed by atoms with Gasteiger partial charge < -0.3 is 19.7 Å². The Kier molecular flexibility index (Phi) is 11.3. The second kappa shape index (κ2) is 15.1. The van der Waals surface area contributed by atoms with Gasteiger partial charge in [0.05, 0.1) is 11.9 Å². The van der Waals surface area contributed by atoms with E-state index < -0.39 is 16.1 Å². The summed E-state index contributed by atoms with van der Waals surface area (Å²) in [5.74, 6) is 0.869. The highest BCUT2D eigenvalue weighted by atomic mass is 32.2. The highest BCUT2D eigenvalue weighted by Crippen LogP contribution is 2.34. The van der Waals surface area contributed by atoms with Crippen LogP contribution in [-0.2, 0) is 32.6 Å². The Labute approximate surface area is 261 Å². The standard InChI is InChI=1S/C34H43N3O6S/c1-25(2)23-35-34(39)30(21-27-9-6-5-7-10-27)36(24-28-14-12-26(3)13-15-28)33(38)11-8-18-37(44(4,40)41)29-16-17-31-32(22-29)43-20-19-42-31/h5-7,9-10,12-17,22,25,30H,8,11,18-21,23-24H2,1-4H3,(H,35,39)/t30-/m0/s1. The SMILES string of the molecule is Cc1ccc(CN(C(=O)CCCN(c2ccc3c(c2)OCCO3)S(C)(=O)=O)[C@@H](Cc2ccccc2)C(=O)NCC(C)C)cc1. The lowest BCUT2D eigenvalue weighted by Crippen LogP contribution is -2.51. The maximum absolute atomic E-state index is 14.0. The van der Waals surface area contributed by atoms with Gasteiger partial charge in [0.1, 0.15) is 19.3 Å². The molecule has 0 spiro atoms. The van der Waals surface area contributed by atoms with Gasteiger partial charge in [-0.2, -0.15) is 0 Å². The van der Waals surface area contributed by atoms with Gasteiger partial charge in [-0.15, -0.1) is 0 Å². The number of nitrogens with zero attached hydrogens (tertiary/aromatic N) is 2. The molecule has 3 aromatic carbocycles. The zero-order chi connectivity index (χ0) is 31.7. The van der Waals surface area contributed by atoms with Crippen molar-refractivity contribution >= 4 is 27.5 Å². The largest absolute Gasteiger partial charge is 0.486 e. The number of hydrogen-bond acceptors (Lipinski definition) is 6. The minimum absolute atomic E-state index is 0.0607. The molecular formula is C34H43N3O6S. The van der Waals surface area contributed by atoms with Crippen LogP contribution in [-0.4, -0.2) is 63.7 Å². The van der Waals surface area contributed by atoms with Crippen molar-refractivity contribution < 1.29 is 27.5 Å². The average molecular weight is 622 g/mol. The molecule has 0 saturated carbocycles. The summed E-state index contributed by atoms with van der Waals surface area (Å²) >= 11 is 0. The number of sulfonamides is 1. The molecule has 0 bridgehead atoms. The summed E-state index contributed by atoms with van der Waals surface area (Å²) in [7, 11) is -3.65. The fourth-order valence-corrected chi connectivity index (χ4v) is 6.02.